The second kappa shape index (κ2) is 3.62. The molecule has 0 unspecified atom stereocenters. The van der Waals surface area contributed by atoms with Crippen LogP contribution in [-0.4, -0.2) is 20.6 Å². The van der Waals surface area contributed by atoms with Crippen molar-refractivity contribution in [3.63, 3.8) is 0 Å². The maximum absolute atomic E-state index is 5.06. The molecule has 10 heavy (non-hydrogen) atoms. The smallest absolute Gasteiger partial charge is 0.148 e. The summed E-state index contributed by atoms with van der Waals surface area (Å²) >= 11 is 0. The van der Waals surface area contributed by atoms with Gasteiger partial charge in [0, 0.05) is 12.8 Å². The third-order valence-electron chi connectivity index (χ3n) is 1.12. The molecule has 0 aromatic carbocycles. The lowest BCUT2D eigenvalue weighted by molar-refractivity contribution is 0.799. The predicted molar refractivity (Wildman–Crippen MR) is 35.9 cm³/mol. The fraction of sp³-hybridized carbons (Fsp3) is 0.500. The van der Waals surface area contributed by atoms with E-state index in [0.29, 0.717) is 0 Å². The van der Waals surface area contributed by atoms with E-state index in [9.17, 15) is 0 Å². The van der Waals surface area contributed by atoms with Crippen LogP contribution in [0.15, 0.2) is 0 Å². The van der Waals surface area contributed by atoms with Gasteiger partial charge >= 0.3 is 0 Å². The van der Waals surface area contributed by atoms with E-state index in [1.54, 1.807) is 0 Å². The minimum Gasteiger partial charge on any atom is -0.243 e. The van der Waals surface area contributed by atoms with Crippen LogP contribution in [0.1, 0.15) is 18.7 Å². The summed E-state index contributed by atoms with van der Waals surface area (Å²) < 4.78 is 0. The van der Waals surface area contributed by atoms with Gasteiger partial charge in [-0.1, -0.05) is 0 Å². The van der Waals surface area contributed by atoms with Gasteiger partial charge in [0.05, 0.1) is 0 Å². The summed E-state index contributed by atoms with van der Waals surface area (Å²) in [5.41, 5.74) is 0. The maximum atomic E-state index is 5.06. The molecule has 0 aliphatic heterocycles. The Balaban J connectivity index is 2.23. The Morgan fingerprint density at radius 3 is 3.10 bits per heavy atom. The van der Waals surface area contributed by atoms with Crippen LogP contribution in [0.5, 0.6) is 0 Å². The van der Waals surface area contributed by atoms with Crippen molar-refractivity contribution in [2.24, 2.45) is 0 Å². The summed E-state index contributed by atoms with van der Waals surface area (Å²) in [5.74, 6) is 3.35. The first-order valence-corrected chi connectivity index (χ1v) is 3.09. The molecular weight excluding hydrogens is 128 g/mol. The molecule has 4 nitrogen and oxygen atoms in total. The Bertz CT molecular complexity index is 208. The number of nitrogens with zero attached hydrogens (tertiary/aromatic N) is 3. The van der Waals surface area contributed by atoms with E-state index >= 15 is 0 Å². The minimum absolute atomic E-state index is 0.778. The van der Waals surface area contributed by atoms with Crippen molar-refractivity contribution >= 4 is 0 Å². The van der Waals surface area contributed by atoms with Crippen molar-refractivity contribution in [3.05, 3.63) is 5.82 Å². The summed E-state index contributed by atoms with van der Waals surface area (Å²) in [5, 5.41) is 13.2. The van der Waals surface area contributed by atoms with Crippen molar-refractivity contribution < 1.29 is 0 Å². The van der Waals surface area contributed by atoms with Crippen LogP contribution in [0, 0.1) is 12.3 Å². The number of hydrogen-bond acceptors (Lipinski definition) is 3. The fourth-order valence-electron chi connectivity index (χ4n) is 0.643. The molecule has 0 saturated carbocycles. The first-order chi connectivity index (χ1) is 4.93. The maximum Gasteiger partial charge on any atom is 0.148 e. The number of nitrogens with one attached hydrogen (secondary N) is 1. The molecule has 0 aliphatic rings. The molecule has 0 radical (unpaired) electrons. The summed E-state index contributed by atoms with van der Waals surface area (Å²) in [4.78, 5) is 0. The summed E-state index contributed by atoms with van der Waals surface area (Å²) in [6.07, 6.45) is 7.60. The molecule has 1 N–H and O–H groups in total. The molecule has 0 bridgehead atoms. The molecule has 0 amide bonds. The highest BCUT2D eigenvalue weighted by molar-refractivity contribution is 4.85. The Morgan fingerprint density at radius 2 is 2.50 bits per heavy atom. The largest absolute Gasteiger partial charge is 0.243 e. The molecule has 1 aromatic heterocycles. The molecule has 4 heteroatoms. The van der Waals surface area contributed by atoms with E-state index in [0.717, 1.165) is 25.1 Å². The number of hydrogen-bond donors (Lipinski definition) is 1. The molecule has 52 valence electrons. The van der Waals surface area contributed by atoms with Crippen LogP contribution < -0.4 is 0 Å². The average Bonchev–Trinajstić information content (AvgIpc) is 2.41. The Hall–Kier alpha value is -1.37. The van der Waals surface area contributed by atoms with E-state index in [1.807, 2.05) is 0 Å². The van der Waals surface area contributed by atoms with Gasteiger partial charge in [0.15, 0.2) is 0 Å². The molecule has 0 spiro atoms. The van der Waals surface area contributed by atoms with Gasteiger partial charge in [0.1, 0.15) is 5.82 Å². The molecule has 1 rings (SSSR count). The van der Waals surface area contributed by atoms with Crippen LogP contribution in [0.2, 0.25) is 0 Å². The predicted octanol–water partition coefficient (Wildman–Crippen LogP) is 0.156. The van der Waals surface area contributed by atoms with E-state index in [4.69, 9.17) is 6.42 Å². The van der Waals surface area contributed by atoms with Crippen LogP contribution in [0.3, 0.4) is 0 Å². The second-order valence-corrected chi connectivity index (χ2v) is 1.91. The van der Waals surface area contributed by atoms with Gasteiger partial charge < -0.3 is 0 Å². The van der Waals surface area contributed by atoms with Crippen molar-refractivity contribution in [1.29, 1.82) is 0 Å². The second-order valence-electron chi connectivity index (χ2n) is 1.91. The van der Waals surface area contributed by atoms with E-state index in [-0.39, 0.29) is 0 Å². The molecule has 0 atom stereocenters. The van der Waals surface area contributed by atoms with Crippen LogP contribution >= 0.6 is 0 Å². The molecule has 1 aromatic rings. The summed E-state index contributed by atoms with van der Waals surface area (Å²) in [6, 6.07) is 0. The van der Waals surface area contributed by atoms with Gasteiger partial charge in [-0.15, -0.1) is 17.4 Å². The zero-order valence-corrected chi connectivity index (χ0v) is 5.54. The number of terminal acetylenes is 1. The number of aryl methyl sites for hydroxylation is 1. The lowest BCUT2D eigenvalue weighted by atomic mass is 10.2. The van der Waals surface area contributed by atoms with E-state index in [2.05, 4.69) is 26.5 Å². The number of H-pyrrole nitrogens is 1. The lowest BCUT2D eigenvalue weighted by Crippen LogP contribution is -1.87. The number of rotatable bonds is 3. The van der Waals surface area contributed by atoms with Crippen LogP contribution in [-0.2, 0) is 6.42 Å². The topological polar surface area (TPSA) is 54.5 Å². The minimum atomic E-state index is 0.778. The lowest BCUT2D eigenvalue weighted by Gasteiger charge is -1.87. The first kappa shape index (κ1) is 6.75. The summed E-state index contributed by atoms with van der Waals surface area (Å²) in [7, 11) is 0. The van der Waals surface area contributed by atoms with Crippen molar-refractivity contribution in [1.82, 2.24) is 20.6 Å². The monoisotopic (exact) mass is 136 g/mol. The number of tetrazole rings is 1. The molecular formula is C6H8N4. The molecule has 0 aliphatic carbocycles. The standard InChI is InChI=1S/C6H8N4/c1-2-3-4-5-6-7-9-10-8-6/h1H,3-5H2,(H,7,8,9,10). The molecule has 0 saturated heterocycles. The SMILES string of the molecule is C#CCCCc1nnn[nH]1. The van der Waals surface area contributed by atoms with Gasteiger partial charge in [-0.05, 0) is 16.8 Å². The van der Waals surface area contributed by atoms with Crippen molar-refractivity contribution in [2.45, 2.75) is 19.3 Å². The van der Waals surface area contributed by atoms with Crippen molar-refractivity contribution in [2.75, 3.05) is 0 Å². The zero-order chi connectivity index (χ0) is 7.23. The number of aromatic nitrogens is 4. The highest BCUT2D eigenvalue weighted by Gasteiger charge is 1.93. The third-order valence-corrected chi connectivity index (χ3v) is 1.12. The average molecular weight is 136 g/mol. The quantitative estimate of drug-likeness (QED) is 0.475. The fourth-order valence-corrected chi connectivity index (χ4v) is 0.643. The summed E-state index contributed by atoms with van der Waals surface area (Å²) in [6.45, 7) is 0. The van der Waals surface area contributed by atoms with E-state index in [1.165, 1.54) is 0 Å². The first-order valence-electron chi connectivity index (χ1n) is 3.09. The zero-order valence-electron chi connectivity index (χ0n) is 5.54. The molecule has 1 heterocycles. The van der Waals surface area contributed by atoms with Crippen LogP contribution in [0.25, 0.3) is 0 Å². The highest BCUT2D eigenvalue weighted by Crippen LogP contribution is 1.94. The normalized spacial score (nSPS) is 9.10. The van der Waals surface area contributed by atoms with Gasteiger partial charge in [-0.3, -0.25) is 0 Å². The number of unbranched alkanes of at least 4 members (excludes halogenated alkanes) is 1. The van der Waals surface area contributed by atoms with Crippen LogP contribution in [0.4, 0.5) is 0 Å². The number of aromatic amines is 1. The van der Waals surface area contributed by atoms with Gasteiger partial charge in [0.25, 0.3) is 0 Å². The van der Waals surface area contributed by atoms with E-state index < -0.39 is 0 Å². The van der Waals surface area contributed by atoms with Gasteiger partial charge in [0.2, 0.25) is 0 Å². The van der Waals surface area contributed by atoms with Gasteiger partial charge in [-0.2, -0.15) is 0 Å². The highest BCUT2D eigenvalue weighted by atomic mass is 15.5. The Morgan fingerprint density at radius 1 is 1.60 bits per heavy atom. The van der Waals surface area contributed by atoms with Crippen molar-refractivity contribution in [3.8, 4) is 12.3 Å². The Kier molecular flexibility index (Phi) is 2.44. The molecule has 0 fully saturated rings. The third kappa shape index (κ3) is 1.86. The Labute approximate surface area is 59.0 Å². The van der Waals surface area contributed by atoms with Gasteiger partial charge in [-0.25, -0.2) is 5.10 Å².